The van der Waals surface area contributed by atoms with Crippen molar-refractivity contribution in [2.75, 3.05) is 0 Å². The van der Waals surface area contributed by atoms with Gasteiger partial charge in [0, 0.05) is 16.1 Å². The summed E-state index contributed by atoms with van der Waals surface area (Å²) in [7, 11) is 0. The number of nitrogens with one attached hydrogen (secondary N) is 1. The zero-order valence-corrected chi connectivity index (χ0v) is 15.8. The third-order valence-corrected chi connectivity index (χ3v) is 4.12. The Morgan fingerprint density at radius 1 is 1.10 bits per heavy atom. The highest BCUT2D eigenvalue weighted by Crippen LogP contribution is 2.24. The summed E-state index contributed by atoms with van der Waals surface area (Å²) in [6.45, 7) is -0.108. The van der Waals surface area contributed by atoms with E-state index >= 15 is 0 Å². The second-order valence-corrected chi connectivity index (χ2v) is 6.45. The van der Waals surface area contributed by atoms with E-state index in [2.05, 4.69) is 25.9 Å². The molecule has 4 aromatic rings. The molecule has 2 heterocycles. The lowest BCUT2D eigenvalue weighted by atomic mass is 10.2. The van der Waals surface area contributed by atoms with E-state index in [0.29, 0.717) is 22.4 Å². The molecule has 1 N–H and O–H groups in total. The average Bonchev–Trinajstić information content (AvgIpc) is 3.39. The maximum Gasteiger partial charge on any atom is 0.263 e. The summed E-state index contributed by atoms with van der Waals surface area (Å²) < 4.78 is 5.68. The van der Waals surface area contributed by atoms with Crippen LogP contribution in [0.25, 0.3) is 22.7 Å². The van der Waals surface area contributed by atoms with Crippen molar-refractivity contribution in [1.82, 2.24) is 25.6 Å². The summed E-state index contributed by atoms with van der Waals surface area (Å²) in [6, 6.07) is 20.3. The highest BCUT2D eigenvalue weighted by atomic mass is 35.5. The lowest BCUT2D eigenvalue weighted by Crippen LogP contribution is -2.24. The SMILES string of the molecule is O=C(Cn1nnc(-c2ccccc2)n1)NN=Cc1ccc(-c2cccc(Cl)c2)o1. The Morgan fingerprint density at radius 3 is 2.76 bits per heavy atom. The fourth-order valence-electron chi connectivity index (χ4n) is 2.56. The summed E-state index contributed by atoms with van der Waals surface area (Å²) >= 11 is 5.99. The second kappa shape index (κ2) is 8.49. The summed E-state index contributed by atoms with van der Waals surface area (Å²) in [5.74, 6) is 1.21. The molecule has 0 atom stereocenters. The third kappa shape index (κ3) is 4.74. The molecule has 0 spiro atoms. The molecule has 0 fully saturated rings. The predicted molar refractivity (Wildman–Crippen MR) is 108 cm³/mol. The van der Waals surface area contributed by atoms with E-state index in [1.54, 1.807) is 24.3 Å². The van der Waals surface area contributed by atoms with Gasteiger partial charge in [0.2, 0.25) is 5.82 Å². The topological polar surface area (TPSA) is 98.2 Å². The first-order valence-electron chi connectivity index (χ1n) is 8.68. The molecule has 0 aliphatic heterocycles. The Balaban J connectivity index is 1.33. The van der Waals surface area contributed by atoms with Gasteiger partial charge in [0.25, 0.3) is 5.91 Å². The molecule has 8 nitrogen and oxygen atoms in total. The Kier molecular flexibility index (Phi) is 5.44. The van der Waals surface area contributed by atoms with Gasteiger partial charge in [0.15, 0.2) is 0 Å². The monoisotopic (exact) mass is 406 g/mol. The van der Waals surface area contributed by atoms with Gasteiger partial charge >= 0.3 is 0 Å². The van der Waals surface area contributed by atoms with Gasteiger partial charge in [-0.3, -0.25) is 4.79 Å². The molecule has 9 heteroatoms. The first-order valence-corrected chi connectivity index (χ1v) is 9.06. The highest BCUT2D eigenvalue weighted by molar-refractivity contribution is 6.30. The lowest BCUT2D eigenvalue weighted by Gasteiger charge is -1.98. The van der Waals surface area contributed by atoms with Crippen molar-refractivity contribution in [1.29, 1.82) is 0 Å². The molecule has 0 aliphatic rings. The van der Waals surface area contributed by atoms with Crippen LogP contribution in [0.3, 0.4) is 0 Å². The number of tetrazole rings is 1. The van der Waals surface area contributed by atoms with E-state index < -0.39 is 0 Å². The van der Waals surface area contributed by atoms with Crippen molar-refractivity contribution >= 4 is 23.7 Å². The number of halogens is 1. The Hall–Kier alpha value is -3.78. The largest absolute Gasteiger partial charge is 0.455 e. The maximum atomic E-state index is 12.0. The number of nitrogens with zero attached hydrogens (tertiary/aromatic N) is 5. The predicted octanol–water partition coefficient (Wildman–Crippen LogP) is 3.40. The number of amides is 1. The fraction of sp³-hybridized carbons (Fsp3) is 0.0500. The molecule has 2 aromatic heterocycles. The highest BCUT2D eigenvalue weighted by Gasteiger charge is 2.09. The van der Waals surface area contributed by atoms with Crippen molar-refractivity contribution in [2.24, 2.45) is 5.10 Å². The van der Waals surface area contributed by atoms with Crippen molar-refractivity contribution in [3.63, 3.8) is 0 Å². The molecule has 2 aromatic carbocycles. The van der Waals surface area contributed by atoms with Gasteiger partial charge in [-0.25, -0.2) is 5.43 Å². The van der Waals surface area contributed by atoms with E-state index in [9.17, 15) is 4.79 Å². The van der Waals surface area contributed by atoms with Crippen LogP contribution >= 0.6 is 11.6 Å². The molecule has 144 valence electrons. The summed E-state index contributed by atoms with van der Waals surface area (Å²) in [5, 5.41) is 16.5. The van der Waals surface area contributed by atoms with Crippen LogP contribution in [-0.2, 0) is 11.3 Å². The number of rotatable bonds is 6. The lowest BCUT2D eigenvalue weighted by molar-refractivity contribution is -0.122. The molecule has 0 aliphatic carbocycles. The van der Waals surface area contributed by atoms with Crippen molar-refractivity contribution in [2.45, 2.75) is 6.54 Å². The average molecular weight is 407 g/mol. The summed E-state index contributed by atoms with van der Waals surface area (Å²) in [4.78, 5) is 13.2. The molecular formula is C20H15ClN6O2. The Bertz CT molecular complexity index is 1150. The zero-order chi connectivity index (χ0) is 20.1. The van der Waals surface area contributed by atoms with Crippen LogP contribution in [0.1, 0.15) is 5.76 Å². The first-order chi connectivity index (χ1) is 14.2. The van der Waals surface area contributed by atoms with Crippen LogP contribution in [0.4, 0.5) is 0 Å². The molecule has 0 radical (unpaired) electrons. The number of hydrogen-bond acceptors (Lipinski definition) is 6. The quantitative estimate of drug-likeness (QED) is 0.391. The molecule has 0 unspecified atom stereocenters. The maximum absolute atomic E-state index is 12.0. The summed E-state index contributed by atoms with van der Waals surface area (Å²) in [5.41, 5.74) is 4.09. The number of carbonyl (C=O) groups is 1. The van der Waals surface area contributed by atoms with E-state index in [1.165, 1.54) is 11.0 Å². The third-order valence-electron chi connectivity index (χ3n) is 3.89. The summed E-state index contributed by atoms with van der Waals surface area (Å²) in [6.07, 6.45) is 1.41. The van der Waals surface area contributed by atoms with Crippen LogP contribution < -0.4 is 5.43 Å². The normalized spacial score (nSPS) is 11.1. The van der Waals surface area contributed by atoms with E-state index in [0.717, 1.165) is 11.1 Å². The van der Waals surface area contributed by atoms with Crippen LogP contribution in [0.15, 0.2) is 76.2 Å². The minimum absolute atomic E-state index is 0.108. The molecule has 0 bridgehead atoms. The first kappa shape index (κ1) is 18.6. The number of carbonyl (C=O) groups excluding carboxylic acids is 1. The minimum Gasteiger partial charge on any atom is -0.455 e. The number of hydrogen-bond donors (Lipinski definition) is 1. The Labute approximate surface area is 170 Å². The van der Waals surface area contributed by atoms with Gasteiger partial charge in [-0.2, -0.15) is 9.90 Å². The smallest absolute Gasteiger partial charge is 0.263 e. The molecule has 29 heavy (non-hydrogen) atoms. The standard InChI is InChI=1S/C20H15ClN6O2/c21-16-8-4-7-15(11-16)18-10-9-17(29-18)12-22-23-19(28)13-27-25-20(24-26-27)14-5-2-1-3-6-14/h1-12H,13H2,(H,23,28). The van der Waals surface area contributed by atoms with Gasteiger partial charge in [0.1, 0.15) is 18.1 Å². The zero-order valence-electron chi connectivity index (χ0n) is 15.1. The molecule has 1 amide bonds. The van der Waals surface area contributed by atoms with Crippen LogP contribution in [0.5, 0.6) is 0 Å². The second-order valence-electron chi connectivity index (χ2n) is 6.02. The van der Waals surface area contributed by atoms with Gasteiger partial charge < -0.3 is 4.42 Å². The van der Waals surface area contributed by atoms with E-state index in [-0.39, 0.29) is 12.5 Å². The Morgan fingerprint density at radius 2 is 1.93 bits per heavy atom. The number of hydrazone groups is 1. The number of benzene rings is 2. The molecule has 0 saturated carbocycles. The van der Waals surface area contributed by atoms with Crippen LogP contribution in [-0.4, -0.2) is 32.3 Å². The van der Waals surface area contributed by atoms with Crippen molar-refractivity contribution in [3.05, 3.63) is 77.5 Å². The fourth-order valence-corrected chi connectivity index (χ4v) is 2.75. The van der Waals surface area contributed by atoms with Crippen molar-refractivity contribution in [3.8, 4) is 22.7 Å². The van der Waals surface area contributed by atoms with Gasteiger partial charge in [-0.1, -0.05) is 54.1 Å². The van der Waals surface area contributed by atoms with Crippen LogP contribution in [0.2, 0.25) is 5.02 Å². The van der Waals surface area contributed by atoms with E-state index in [1.807, 2.05) is 42.5 Å². The number of furan rings is 1. The van der Waals surface area contributed by atoms with Gasteiger partial charge in [-0.05, 0) is 29.5 Å². The van der Waals surface area contributed by atoms with Crippen LogP contribution in [0, 0.1) is 0 Å². The van der Waals surface area contributed by atoms with E-state index in [4.69, 9.17) is 16.0 Å². The van der Waals surface area contributed by atoms with Crippen molar-refractivity contribution < 1.29 is 9.21 Å². The van der Waals surface area contributed by atoms with Gasteiger partial charge in [0.05, 0.1) is 6.21 Å². The minimum atomic E-state index is -0.389. The molecular weight excluding hydrogens is 392 g/mol. The van der Waals surface area contributed by atoms with Gasteiger partial charge in [-0.15, -0.1) is 10.2 Å². The molecule has 0 saturated heterocycles. The number of aromatic nitrogens is 4. The molecule has 4 rings (SSSR count).